The lowest BCUT2D eigenvalue weighted by Crippen LogP contribution is -2.12. The summed E-state index contributed by atoms with van der Waals surface area (Å²) in [6.45, 7) is 4.20. The van der Waals surface area contributed by atoms with Gasteiger partial charge in [-0.3, -0.25) is 4.79 Å². The highest BCUT2D eigenvalue weighted by molar-refractivity contribution is 9.10. The van der Waals surface area contributed by atoms with Crippen LogP contribution in [0.25, 0.3) is 0 Å². The molecule has 1 rings (SSSR count). The predicted octanol–water partition coefficient (Wildman–Crippen LogP) is 3.41. The van der Waals surface area contributed by atoms with E-state index in [1.165, 1.54) is 0 Å². The molecule has 0 aliphatic heterocycles. The molecule has 16 heavy (non-hydrogen) atoms. The Balaban J connectivity index is 2.59. The second kappa shape index (κ2) is 5.89. The first-order valence-corrected chi connectivity index (χ1v) is 6.13. The fourth-order valence-corrected chi connectivity index (χ4v) is 1.62. The molecule has 3 nitrogen and oxygen atoms in total. The third kappa shape index (κ3) is 4.23. The molecule has 0 aliphatic carbocycles. The van der Waals surface area contributed by atoms with Gasteiger partial charge in [-0.2, -0.15) is 0 Å². The van der Waals surface area contributed by atoms with Crippen LogP contribution in [0, 0.1) is 5.92 Å². The number of nitrogen functional groups attached to an aromatic ring is 1. The van der Waals surface area contributed by atoms with E-state index in [1.54, 1.807) is 12.1 Å². The lowest BCUT2D eigenvalue weighted by molar-refractivity contribution is -0.116. The summed E-state index contributed by atoms with van der Waals surface area (Å²) < 4.78 is 0.847. The second-order valence-corrected chi connectivity index (χ2v) is 5.07. The molecule has 0 aromatic heterocycles. The van der Waals surface area contributed by atoms with Gasteiger partial charge in [0.1, 0.15) is 0 Å². The third-order valence-corrected chi connectivity index (χ3v) is 2.90. The number of halogens is 1. The van der Waals surface area contributed by atoms with E-state index in [2.05, 4.69) is 35.1 Å². The molecule has 1 aromatic carbocycles. The van der Waals surface area contributed by atoms with Crippen molar-refractivity contribution in [2.75, 3.05) is 11.1 Å². The van der Waals surface area contributed by atoms with Crippen LogP contribution in [0.15, 0.2) is 22.7 Å². The largest absolute Gasteiger partial charge is 0.399 e. The summed E-state index contributed by atoms with van der Waals surface area (Å²) in [4.78, 5) is 11.6. The van der Waals surface area contributed by atoms with Gasteiger partial charge in [0.2, 0.25) is 5.91 Å². The summed E-state index contributed by atoms with van der Waals surface area (Å²) in [6.07, 6.45) is 1.44. The highest BCUT2D eigenvalue weighted by atomic mass is 79.9. The Hall–Kier alpha value is -1.03. The fraction of sp³-hybridized carbons (Fsp3) is 0.417. The number of rotatable bonds is 4. The molecule has 0 spiro atoms. The first-order chi connectivity index (χ1) is 7.49. The van der Waals surface area contributed by atoms with Crippen molar-refractivity contribution in [1.29, 1.82) is 0 Å². The number of nitrogens with two attached hydrogens (primary N) is 1. The number of carbonyl (C=O) groups is 1. The highest BCUT2D eigenvalue weighted by Gasteiger charge is 2.06. The summed E-state index contributed by atoms with van der Waals surface area (Å²) in [5.41, 5.74) is 7.02. The third-order valence-electron chi connectivity index (χ3n) is 2.21. The van der Waals surface area contributed by atoms with E-state index in [4.69, 9.17) is 5.73 Å². The van der Waals surface area contributed by atoms with E-state index in [0.717, 1.165) is 16.6 Å². The number of amides is 1. The molecule has 0 aliphatic rings. The van der Waals surface area contributed by atoms with Crippen LogP contribution in [0.3, 0.4) is 0 Å². The molecule has 3 N–H and O–H groups in total. The molecular weight excluding hydrogens is 268 g/mol. The normalized spacial score (nSPS) is 10.5. The van der Waals surface area contributed by atoms with Gasteiger partial charge in [-0.15, -0.1) is 0 Å². The van der Waals surface area contributed by atoms with Crippen molar-refractivity contribution < 1.29 is 4.79 Å². The lowest BCUT2D eigenvalue weighted by Gasteiger charge is -2.09. The smallest absolute Gasteiger partial charge is 0.224 e. The molecule has 88 valence electrons. The molecule has 0 saturated heterocycles. The van der Waals surface area contributed by atoms with E-state index < -0.39 is 0 Å². The molecule has 0 radical (unpaired) electrons. The Morgan fingerprint density at radius 2 is 2.19 bits per heavy atom. The molecule has 1 amide bonds. The summed E-state index contributed by atoms with van der Waals surface area (Å²) >= 11 is 3.37. The SMILES string of the molecule is CC(C)CCC(=O)Nc1cc(N)ccc1Br. The Labute approximate surface area is 105 Å². The van der Waals surface area contributed by atoms with Gasteiger partial charge in [0.05, 0.1) is 5.69 Å². The van der Waals surface area contributed by atoms with Gasteiger partial charge in [0.25, 0.3) is 0 Å². The maximum Gasteiger partial charge on any atom is 0.224 e. The van der Waals surface area contributed by atoms with Gasteiger partial charge in [0, 0.05) is 16.6 Å². The second-order valence-electron chi connectivity index (χ2n) is 4.22. The first-order valence-electron chi connectivity index (χ1n) is 5.34. The first kappa shape index (κ1) is 13.0. The predicted molar refractivity (Wildman–Crippen MR) is 71.3 cm³/mol. The Morgan fingerprint density at radius 3 is 2.81 bits per heavy atom. The van der Waals surface area contributed by atoms with Crippen LogP contribution in [0.4, 0.5) is 11.4 Å². The maximum atomic E-state index is 11.6. The van der Waals surface area contributed by atoms with E-state index in [9.17, 15) is 4.79 Å². The summed E-state index contributed by atoms with van der Waals surface area (Å²) in [5, 5.41) is 2.84. The van der Waals surface area contributed by atoms with Gasteiger partial charge < -0.3 is 11.1 Å². The van der Waals surface area contributed by atoms with Crippen LogP contribution in [0.1, 0.15) is 26.7 Å². The van der Waals surface area contributed by atoms with E-state index in [1.807, 2.05) is 6.07 Å². The number of benzene rings is 1. The van der Waals surface area contributed by atoms with Crippen molar-refractivity contribution in [3.63, 3.8) is 0 Å². The number of hydrogen-bond donors (Lipinski definition) is 2. The zero-order chi connectivity index (χ0) is 12.1. The fourth-order valence-electron chi connectivity index (χ4n) is 1.27. The van der Waals surface area contributed by atoms with Crippen molar-refractivity contribution in [3.05, 3.63) is 22.7 Å². The average molecular weight is 285 g/mol. The zero-order valence-electron chi connectivity index (χ0n) is 9.59. The standard InChI is InChI=1S/C12H17BrN2O/c1-8(2)3-6-12(16)15-11-7-9(14)4-5-10(11)13/h4-5,7-8H,3,6,14H2,1-2H3,(H,15,16). The minimum absolute atomic E-state index is 0.0278. The quantitative estimate of drug-likeness (QED) is 0.833. The zero-order valence-corrected chi connectivity index (χ0v) is 11.2. The van der Waals surface area contributed by atoms with E-state index in [0.29, 0.717) is 18.0 Å². The summed E-state index contributed by atoms with van der Waals surface area (Å²) in [5.74, 6) is 0.565. The molecular formula is C12H17BrN2O. The molecule has 4 heteroatoms. The molecule has 0 unspecified atom stereocenters. The van der Waals surface area contributed by atoms with Crippen LogP contribution in [0.5, 0.6) is 0 Å². The molecule has 1 aromatic rings. The van der Waals surface area contributed by atoms with Gasteiger partial charge in [0.15, 0.2) is 0 Å². The van der Waals surface area contributed by atoms with Crippen molar-refractivity contribution in [3.8, 4) is 0 Å². The highest BCUT2D eigenvalue weighted by Crippen LogP contribution is 2.24. The number of nitrogens with one attached hydrogen (secondary N) is 1. The van der Waals surface area contributed by atoms with Gasteiger partial charge >= 0.3 is 0 Å². The molecule has 0 saturated carbocycles. The number of carbonyl (C=O) groups excluding carboxylic acids is 1. The molecule has 0 heterocycles. The van der Waals surface area contributed by atoms with Gasteiger partial charge in [-0.1, -0.05) is 13.8 Å². The average Bonchev–Trinajstić information content (AvgIpc) is 2.20. The topological polar surface area (TPSA) is 55.1 Å². The monoisotopic (exact) mass is 284 g/mol. The maximum absolute atomic E-state index is 11.6. The Morgan fingerprint density at radius 1 is 1.50 bits per heavy atom. The summed E-state index contributed by atoms with van der Waals surface area (Å²) in [6, 6.07) is 5.36. The minimum atomic E-state index is 0.0278. The van der Waals surface area contributed by atoms with Crippen molar-refractivity contribution in [2.45, 2.75) is 26.7 Å². The van der Waals surface area contributed by atoms with Crippen LogP contribution in [-0.2, 0) is 4.79 Å². The Bertz CT molecular complexity index is 377. The molecule has 0 bridgehead atoms. The van der Waals surface area contributed by atoms with Crippen molar-refractivity contribution in [1.82, 2.24) is 0 Å². The number of anilines is 2. The molecule has 0 fully saturated rings. The van der Waals surface area contributed by atoms with Crippen LogP contribution >= 0.6 is 15.9 Å². The van der Waals surface area contributed by atoms with Crippen LogP contribution in [-0.4, -0.2) is 5.91 Å². The van der Waals surface area contributed by atoms with Crippen LogP contribution < -0.4 is 11.1 Å². The summed E-state index contributed by atoms with van der Waals surface area (Å²) in [7, 11) is 0. The number of hydrogen-bond acceptors (Lipinski definition) is 2. The van der Waals surface area contributed by atoms with Crippen molar-refractivity contribution >= 4 is 33.2 Å². The van der Waals surface area contributed by atoms with Crippen LogP contribution in [0.2, 0.25) is 0 Å². The van der Waals surface area contributed by atoms with Gasteiger partial charge in [-0.25, -0.2) is 0 Å². The van der Waals surface area contributed by atoms with E-state index in [-0.39, 0.29) is 5.91 Å². The van der Waals surface area contributed by atoms with E-state index >= 15 is 0 Å². The minimum Gasteiger partial charge on any atom is -0.399 e. The van der Waals surface area contributed by atoms with Gasteiger partial charge in [-0.05, 0) is 46.5 Å². The lowest BCUT2D eigenvalue weighted by atomic mass is 10.1. The van der Waals surface area contributed by atoms with Crippen molar-refractivity contribution in [2.24, 2.45) is 5.92 Å². The Kier molecular flexibility index (Phi) is 4.80. The molecule has 0 atom stereocenters.